The van der Waals surface area contributed by atoms with Crippen molar-refractivity contribution < 1.29 is 19.5 Å². The van der Waals surface area contributed by atoms with Crippen LogP contribution < -0.4 is 11.1 Å². The summed E-state index contributed by atoms with van der Waals surface area (Å²) in [6.45, 7) is 2.00. The zero-order valence-electron chi connectivity index (χ0n) is 11.7. The van der Waals surface area contributed by atoms with E-state index in [2.05, 4.69) is 15.5 Å². The van der Waals surface area contributed by atoms with Crippen molar-refractivity contribution in [3.63, 3.8) is 0 Å². The van der Waals surface area contributed by atoms with Crippen molar-refractivity contribution >= 4 is 23.5 Å². The minimum atomic E-state index is -1.13. The van der Waals surface area contributed by atoms with Crippen molar-refractivity contribution in [2.75, 3.05) is 5.32 Å². The maximum absolute atomic E-state index is 11.9. The van der Waals surface area contributed by atoms with Gasteiger partial charge in [0.25, 0.3) is 5.91 Å². The van der Waals surface area contributed by atoms with Crippen LogP contribution in [0, 0.1) is 0 Å². The lowest BCUT2D eigenvalue weighted by Gasteiger charge is -2.06. The van der Waals surface area contributed by atoms with Gasteiger partial charge in [-0.2, -0.15) is 10.2 Å². The summed E-state index contributed by atoms with van der Waals surface area (Å²) in [7, 11) is 0. The first-order chi connectivity index (χ1) is 10.4. The number of anilines is 1. The number of carbonyl (C=O) groups excluding carboxylic acids is 2. The Labute approximate surface area is 124 Å². The Bertz CT molecular complexity index is 732. The molecule has 10 heteroatoms. The molecule has 0 radical (unpaired) electrons. The summed E-state index contributed by atoms with van der Waals surface area (Å²) >= 11 is 0. The van der Waals surface area contributed by atoms with E-state index in [9.17, 15) is 14.4 Å². The first-order valence-corrected chi connectivity index (χ1v) is 6.33. The van der Waals surface area contributed by atoms with E-state index in [4.69, 9.17) is 10.8 Å². The maximum Gasteiger partial charge on any atom is 0.338 e. The molecule has 0 saturated carbocycles. The van der Waals surface area contributed by atoms with Gasteiger partial charge in [-0.1, -0.05) is 0 Å². The fraction of sp³-hybridized carbons (Fsp3) is 0.250. The molecule has 0 fully saturated rings. The second kappa shape index (κ2) is 6.08. The van der Waals surface area contributed by atoms with Crippen molar-refractivity contribution in [1.29, 1.82) is 0 Å². The van der Waals surface area contributed by atoms with Crippen molar-refractivity contribution in [2.24, 2.45) is 5.73 Å². The maximum atomic E-state index is 11.9. The molecular weight excluding hydrogens is 292 g/mol. The normalized spacial score (nSPS) is 10.4. The van der Waals surface area contributed by atoms with Crippen LogP contribution in [0.1, 0.15) is 27.8 Å². The molecule has 0 aromatic carbocycles. The van der Waals surface area contributed by atoms with Gasteiger partial charge in [0.05, 0.1) is 23.6 Å². The van der Waals surface area contributed by atoms with Crippen LogP contribution in [0.3, 0.4) is 0 Å². The van der Waals surface area contributed by atoms with Crippen LogP contribution in [-0.4, -0.2) is 42.5 Å². The molecule has 0 unspecified atom stereocenters. The highest BCUT2D eigenvalue weighted by molar-refractivity contribution is 6.01. The number of amides is 2. The Morgan fingerprint density at radius 1 is 1.32 bits per heavy atom. The number of carboxylic acid groups (broad SMARTS) is 1. The van der Waals surface area contributed by atoms with E-state index in [1.807, 2.05) is 0 Å². The lowest BCUT2D eigenvalue weighted by Crippen LogP contribution is -2.23. The van der Waals surface area contributed by atoms with Gasteiger partial charge in [-0.25, -0.2) is 4.79 Å². The smallest absolute Gasteiger partial charge is 0.338 e. The molecule has 0 spiro atoms. The molecule has 2 rings (SSSR count). The zero-order chi connectivity index (χ0) is 16.3. The van der Waals surface area contributed by atoms with Crippen LogP contribution in [0.15, 0.2) is 18.6 Å². The van der Waals surface area contributed by atoms with Crippen LogP contribution in [0.25, 0.3) is 0 Å². The standard InChI is InChI=1S/C12H14N6O4/c1-2-18-10(11(13)20)8(4-15-18)16-9(19)6-17-5-7(3-14-17)12(21)22/h3-5H,2,6H2,1H3,(H2,13,20)(H,16,19)(H,21,22). The molecule has 2 heterocycles. The third-order valence-electron chi connectivity index (χ3n) is 2.83. The first-order valence-electron chi connectivity index (χ1n) is 6.33. The van der Waals surface area contributed by atoms with E-state index in [1.165, 1.54) is 21.8 Å². The van der Waals surface area contributed by atoms with Crippen LogP contribution >= 0.6 is 0 Å². The highest BCUT2D eigenvalue weighted by atomic mass is 16.4. The number of rotatable bonds is 6. The van der Waals surface area contributed by atoms with E-state index in [-0.39, 0.29) is 23.5 Å². The monoisotopic (exact) mass is 306 g/mol. The summed E-state index contributed by atoms with van der Waals surface area (Å²) in [6, 6.07) is 0. The molecule has 2 aromatic rings. The number of hydrogen-bond donors (Lipinski definition) is 3. The third-order valence-corrected chi connectivity index (χ3v) is 2.83. The van der Waals surface area contributed by atoms with Gasteiger partial charge in [0.15, 0.2) is 0 Å². The number of aromatic carboxylic acids is 1. The quantitative estimate of drug-likeness (QED) is 0.658. The predicted molar refractivity (Wildman–Crippen MR) is 74.2 cm³/mol. The van der Waals surface area contributed by atoms with Crippen molar-refractivity contribution in [3.8, 4) is 0 Å². The fourth-order valence-electron chi connectivity index (χ4n) is 1.87. The predicted octanol–water partition coefficient (Wildman–Crippen LogP) is -0.465. The Morgan fingerprint density at radius 2 is 2.05 bits per heavy atom. The molecule has 116 valence electrons. The molecule has 22 heavy (non-hydrogen) atoms. The van der Waals surface area contributed by atoms with Gasteiger partial charge in [0, 0.05) is 12.7 Å². The topological polar surface area (TPSA) is 145 Å². The molecule has 4 N–H and O–H groups in total. The Hall–Kier alpha value is -3.17. The number of primary amides is 1. The highest BCUT2D eigenvalue weighted by Gasteiger charge is 2.17. The number of aromatic nitrogens is 4. The van der Waals surface area contributed by atoms with Crippen LogP contribution in [-0.2, 0) is 17.9 Å². The summed E-state index contributed by atoms with van der Waals surface area (Å²) in [5.74, 6) is -2.33. The van der Waals surface area contributed by atoms with E-state index < -0.39 is 17.8 Å². The Morgan fingerprint density at radius 3 is 2.59 bits per heavy atom. The molecular formula is C12H14N6O4. The number of carbonyl (C=O) groups is 3. The molecule has 0 atom stereocenters. The summed E-state index contributed by atoms with van der Waals surface area (Å²) in [5.41, 5.74) is 5.54. The van der Waals surface area contributed by atoms with Crippen LogP contribution in [0.5, 0.6) is 0 Å². The molecule has 10 nitrogen and oxygen atoms in total. The van der Waals surface area contributed by atoms with Crippen LogP contribution in [0.2, 0.25) is 0 Å². The van der Waals surface area contributed by atoms with Crippen molar-refractivity contribution in [3.05, 3.63) is 29.8 Å². The molecule has 0 saturated heterocycles. The second-order valence-electron chi connectivity index (χ2n) is 4.37. The van der Waals surface area contributed by atoms with E-state index in [0.29, 0.717) is 6.54 Å². The van der Waals surface area contributed by atoms with Gasteiger partial charge in [-0.05, 0) is 6.92 Å². The fourth-order valence-corrected chi connectivity index (χ4v) is 1.87. The van der Waals surface area contributed by atoms with Gasteiger partial charge in [0.2, 0.25) is 5.91 Å². The zero-order valence-corrected chi connectivity index (χ0v) is 11.7. The van der Waals surface area contributed by atoms with E-state index in [1.54, 1.807) is 6.92 Å². The highest BCUT2D eigenvalue weighted by Crippen LogP contribution is 2.14. The molecule has 2 amide bonds. The number of carboxylic acids is 1. The van der Waals surface area contributed by atoms with E-state index >= 15 is 0 Å². The molecule has 2 aromatic heterocycles. The number of aryl methyl sites for hydroxylation is 1. The summed E-state index contributed by atoms with van der Waals surface area (Å²) < 4.78 is 2.54. The third kappa shape index (κ3) is 3.11. The number of nitrogens with one attached hydrogen (secondary N) is 1. The van der Waals surface area contributed by atoms with Gasteiger partial charge in [-0.3, -0.25) is 19.0 Å². The summed E-state index contributed by atoms with van der Waals surface area (Å²) in [5, 5.41) is 19.0. The average Bonchev–Trinajstić information content (AvgIpc) is 3.05. The molecule has 0 aliphatic rings. The lowest BCUT2D eigenvalue weighted by atomic mass is 10.3. The van der Waals surface area contributed by atoms with Crippen molar-refractivity contribution in [1.82, 2.24) is 19.6 Å². The molecule has 0 aliphatic heterocycles. The van der Waals surface area contributed by atoms with Gasteiger partial charge >= 0.3 is 5.97 Å². The summed E-state index contributed by atoms with van der Waals surface area (Å²) in [4.78, 5) is 34.1. The lowest BCUT2D eigenvalue weighted by molar-refractivity contribution is -0.116. The van der Waals surface area contributed by atoms with Gasteiger partial charge in [-0.15, -0.1) is 0 Å². The second-order valence-corrected chi connectivity index (χ2v) is 4.37. The molecule has 0 aliphatic carbocycles. The number of hydrogen-bond acceptors (Lipinski definition) is 5. The summed E-state index contributed by atoms with van der Waals surface area (Å²) in [6.07, 6.45) is 3.69. The van der Waals surface area contributed by atoms with Crippen LogP contribution in [0.4, 0.5) is 5.69 Å². The number of nitrogens with zero attached hydrogens (tertiary/aromatic N) is 4. The Balaban J connectivity index is 2.10. The van der Waals surface area contributed by atoms with Gasteiger partial charge in [0.1, 0.15) is 12.2 Å². The molecule has 0 bridgehead atoms. The number of nitrogens with two attached hydrogens (primary N) is 1. The minimum Gasteiger partial charge on any atom is -0.478 e. The minimum absolute atomic E-state index is 0.0237. The van der Waals surface area contributed by atoms with Crippen molar-refractivity contribution in [2.45, 2.75) is 20.0 Å². The SMILES string of the molecule is CCn1ncc(NC(=O)Cn2cc(C(=O)O)cn2)c1C(N)=O. The average molecular weight is 306 g/mol. The first kappa shape index (κ1) is 15.2. The largest absolute Gasteiger partial charge is 0.478 e. The van der Waals surface area contributed by atoms with Gasteiger partial charge < -0.3 is 16.2 Å². The Kier molecular flexibility index (Phi) is 4.20. The van der Waals surface area contributed by atoms with E-state index in [0.717, 1.165) is 6.20 Å².